The van der Waals surface area contributed by atoms with Gasteiger partial charge < -0.3 is 25.8 Å². The fourth-order valence-electron chi connectivity index (χ4n) is 0.675. The highest BCUT2D eigenvalue weighted by Gasteiger charge is 2.03. The number of aromatic hydroxyl groups is 2. The van der Waals surface area contributed by atoms with Gasteiger partial charge >= 0.3 is 6.09 Å². The second kappa shape index (κ2) is 5.52. The van der Waals surface area contributed by atoms with Crippen molar-refractivity contribution in [3.63, 3.8) is 0 Å². The number of carbonyl (C=O) groups is 1. The molecule has 78 valence electrons. The van der Waals surface area contributed by atoms with Crippen LogP contribution in [0.4, 0.5) is 4.79 Å². The molecule has 0 radical (unpaired) electrons. The predicted octanol–water partition coefficient (Wildman–Crippen LogP) is 0.730. The molecule has 0 aliphatic heterocycles. The van der Waals surface area contributed by atoms with Crippen LogP contribution in [0.5, 0.6) is 17.2 Å². The van der Waals surface area contributed by atoms with Gasteiger partial charge in [0.2, 0.25) is 0 Å². The lowest BCUT2D eigenvalue weighted by molar-refractivity contribution is 0.205. The Labute approximate surface area is 80.2 Å². The summed E-state index contributed by atoms with van der Waals surface area (Å²) < 4.78 is 4.72. The number of ether oxygens (including phenoxy) is 1. The Morgan fingerprint density at radius 2 is 1.93 bits per heavy atom. The zero-order valence-corrected chi connectivity index (χ0v) is 7.47. The molecule has 0 aliphatic carbocycles. The molecule has 1 aromatic rings. The van der Waals surface area contributed by atoms with Gasteiger partial charge in [-0.1, -0.05) is 6.07 Å². The molecule has 0 fully saturated rings. The highest BCUT2D eigenvalue weighted by Crippen LogP contribution is 2.33. The summed E-state index contributed by atoms with van der Waals surface area (Å²) in [7, 11) is 1.43. The van der Waals surface area contributed by atoms with Crippen LogP contribution in [0.1, 0.15) is 0 Å². The maximum Gasteiger partial charge on any atom is 0.402 e. The Balaban J connectivity index is 0.000000364. The average molecular weight is 201 g/mol. The molecule has 0 heterocycles. The Kier molecular flexibility index (Phi) is 4.69. The van der Waals surface area contributed by atoms with Gasteiger partial charge in [0, 0.05) is 0 Å². The van der Waals surface area contributed by atoms with E-state index >= 15 is 0 Å². The van der Waals surface area contributed by atoms with Crippen LogP contribution < -0.4 is 10.5 Å². The van der Waals surface area contributed by atoms with E-state index in [4.69, 9.17) is 24.9 Å². The second-order valence-electron chi connectivity index (χ2n) is 2.17. The van der Waals surface area contributed by atoms with Crippen LogP contribution in [0.2, 0.25) is 0 Å². The minimum absolute atomic E-state index is 0.167. The number of carboxylic acid groups (broad SMARTS) is 1. The number of para-hydroxylation sites is 1. The van der Waals surface area contributed by atoms with Crippen molar-refractivity contribution in [3.8, 4) is 17.2 Å². The molecule has 1 rings (SSSR count). The van der Waals surface area contributed by atoms with E-state index in [0.29, 0.717) is 0 Å². The number of phenolic OH excluding ortho intramolecular Hbond substituents is 2. The molecule has 0 bridgehead atoms. The van der Waals surface area contributed by atoms with Gasteiger partial charge in [0.1, 0.15) is 0 Å². The third-order valence-electron chi connectivity index (χ3n) is 1.20. The number of rotatable bonds is 1. The van der Waals surface area contributed by atoms with E-state index in [9.17, 15) is 0 Å². The molecular weight excluding hydrogens is 190 g/mol. The van der Waals surface area contributed by atoms with Gasteiger partial charge in [0.25, 0.3) is 0 Å². The zero-order chi connectivity index (χ0) is 11.1. The van der Waals surface area contributed by atoms with Crippen LogP contribution in [0.25, 0.3) is 0 Å². The summed E-state index contributed by atoms with van der Waals surface area (Å²) in [5.41, 5.74) is 4.03. The van der Waals surface area contributed by atoms with E-state index in [2.05, 4.69) is 5.73 Å². The minimum atomic E-state index is -1.33. The second-order valence-corrected chi connectivity index (χ2v) is 2.17. The van der Waals surface area contributed by atoms with Crippen LogP contribution in [0.15, 0.2) is 18.2 Å². The predicted molar refractivity (Wildman–Crippen MR) is 48.5 cm³/mol. The van der Waals surface area contributed by atoms with Crippen molar-refractivity contribution >= 4 is 6.09 Å². The minimum Gasteiger partial charge on any atom is -0.504 e. The quantitative estimate of drug-likeness (QED) is 0.500. The molecule has 0 aromatic heterocycles. The van der Waals surface area contributed by atoms with E-state index < -0.39 is 6.09 Å². The van der Waals surface area contributed by atoms with Crippen molar-refractivity contribution in [1.82, 2.24) is 0 Å². The number of methoxy groups -OCH3 is 1. The maximum absolute atomic E-state index is 9.02. The summed E-state index contributed by atoms with van der Waals surface area (Å²) in [6.07, 6.45) is -1.33. The van der Waals surface area contributed by atoms with Crippen LogP contribution in [-0.2, 0) is 0 Å². The first-order valence-corrected chi connectivity index (χ1v) is 3.52. The number of nitrogens with two attached hydrogens (primary N) is 1. The summed E-state index contributed by atoms with van der Waals surface area (Å²) in [5.74, 6) is -0.107. The molecule has 0 saturated carbocycles. The summed E-state index contributed by atoms with van der Waals surface area (Å²) in [5, 5.41) is 25.1. The maximum atomic E-state index is 9.02. The summed E-state index contributed by atoms with van der Waals surface area (Å²) >= 11 is 0. The third-order valence-corrected chi connectivity index (χ3v) is 1.20. The molecule has 0 aliphatic rings. The van der Waals surface area contributed by atoms with Crippen LogP contribution in [-0.4, -0.2) is 28.5 Å². The average Bonchev–Trinajstić information content (AvgIpc) is 2.09. The molecule has 0 unspecified atom stereocenters. The van der Waals surface area contributed by atoms with Gasteiger partial charge in [-0.05, 0) is 12.1 Å². The molecule has 0 spiro atoms. The summed E-state index contributed by atoms with van der Waals surface area (Å²) in [6, 6.07) is 4.54. The van der Waals surface area contributed by atoms with Crippen molar-refractivity contribution in [2.75, 3.05) is 7.11 Å². The molecule has 1 aromatic carbocycles. The first-order valence-electron chi connectivity index (χ1n) is 3.52. The normalized spacial score (nSPS) is 8.36. The summed E-state index contributed by atoms with van der Waals surface area (Å²) in [6.45, 7) is 0. The van der Waals surface area contributed by atoms with Crippen molar-refractivity contribution < 1.29 is 24.9 Å². The van der Waals surface area contributed by atoms with Gasteiger partial charge in [0.05, 0.1) is 7.11 Å². The molecule has 5 N–H and O–H groups in total. The lowest BCUT2D eigenvalue weighted by atomic mass is 10.3. The molecule has 0 saturated heterocycles. The van der Waals surface area contributed by atoms with Crippen LogP contribution >= 0.6 is 0 Å². The van der Waals surface area contributed by atoms with E-state index in [1.165, 1.54) is 13.2 Å². The van der Waals surface area contributed by atoms with Gasteiger partial charge in [-0.15, -0.1) is 0 Å². The Bertz CT molecular complexity index is 309. The molecule has 6 heteroatoms. The van der Waals surface area contributed by atoms with Gasteiger partial charge in [0.15, 0.2) is 17.2 Å². The number of hydrogen-bond donors (Lipinski definition) is 4. The standard InChI is InChI=1S/C7H8O3.CH3NO2/c1-10-6-4-2-3-5(8)7(6)9;2-1(3)4/h2-4,8-9H,1H3;2H2,(H,3,4). The van der Waals surface area contributed by atoms with Gasteiger partial charge in [-0.25, -0.2) is 4.79 Å². The number of primary amides is 1. The van der Waals surface area contributed by atoms with E-state index in [-0.39, 0.29) is 17.2 Å². The van der Waals surface area contributed by atoms with E-state index in [1.54, 1.807) is 12.1 Å². The van der Waals surface area contributed by atoms with Crippen molar-refractivity contribution in [3.05, 3.63) is 18.2 Å². The van der Waals surface area contributed by atoms with Gasteiger partial charge in [-0.2, -0.15) is 0 Å². The summed E-state index contributed by atoms with van der Waals surface area (Å²) in [4.78, 5) is 8.78. The Morgan fingerprint density at radius 1 is 1.43 bits per heavy atom. The topological polar surface area (TPSA) is 113 Å². The third kappa shape index (κ3) is 4.05. The lowest BCUT2D eigenvalue weighted by Crippen LogP contribution is -2.03. The number of benzene rings is 1. The SMILES string of the molecule is COc1cccc(O)c1O.NC(=O)O. The number of amides is 1. The highest BCUT2D eigenvalue weighted by atomic mass is 16.5. The number of hydrogen-bond acceptors (Lipinski definition) is 4. The largest absolute Gasteiger partial charge is 0.504 e. The molecule has 1 amide bonds. The zero-order valence-electron chi connectivity index (χ0n) is 7.47. The van der Waals surface area contributed by atoms with E-state index in [0.717, 1.165) is 0 Å². The van der Waals surface area contributed by atoms with Crippen LogP contribution in [0, 0.1) is 0 Å². The molecule has 6 nitrogen and oxygen atoms in total. The lowest BCUT2D eigenvalue weighted by Gasteiger charge is -2.02. The fourth-order valence-corrected chi connectivity index (χ4v) is 0.675. The monoisotopic (exact) mass is 201 g/mol. The van der Waals surface area contributed by atoms with Crippen LogP contribution in [0.3, 0.4) is 0 Å². The van der Waals surface area contributed by atoms with Crippen molar-refractivity contribution in [2.45, 2.75) is 0 Å². The molecule has 14 heavy (non-hydrogen) atoms. The highest BCUT2D eigenvalue weighted by molar-refractivity contribution is 5.61. The first kappa shape index (κ1) is 11.9. The first-order chi connectivity index (χ1) is 6.49. The molecular formula is C8H11NO5. The number of phenols is 2. The van der Waals surface area contributed by atoms with Crippen molar-refractivity contribution in [1.29, 1.82) is 0 Å². The van der Waals surface area contributed by atoms with Gasteiger partial charge in [-0.3, -0.25) is 0 Å². The Hall–Kier alpha value is -2.11. The molecule has 0 atom stereocenters. The smallest absolute Gasteiger partial charge is 0.402 e. The fraction of sp³-hybridized carbons (Fsp3) is 0.125. The van der Waals surface area contributed by atoms with E-state index in [1.807, 2.05) is 0 Å². The van der Waals surface area contributed by atoms with Crippen molar-refractivity contribution in [2.24, 2.45) is 5.73 Å². The Morgan fingerprint density at radius 3 is 2.29 bits per heavy atom.